The molecule has 3 atom stereocenters. The van der Waals surface area contributed by atoms with Gasteiger partial charge < -0.3 is 5.32 Å². The van der Waals surface area contributed by atoms with E-state index in [0.29, 0.717) is 5.92 Å². The minimum atomic E-state index is -3.59. The first-order valence-electron chi connectivity index (χ1n) is 7.81. The van der Waals surface area contributed by atoms with Crippen molar-refractivity contribution >= 4 is 27.4 Å². The lowest BCUT2D eigenvalue weighted by molar-refractivity contribution is 0.332. The van der Waals surface area contributed by atoms with Crippen molar-refractivity contribution < 1.29 is 8.42 Å². The van der Waals surface area contributed by atoms with E-state index >= 15 is 0 Å². The number of hydrogen-bond acceptors (Lipinski definition) is 3. The average molecular weight is 338 g/mol. The number of rotatable bonds is 4. The molecule has 2 saturated carbocycles. The van der Waals surface area contributed by atoms with E-state index in [2.05, 4.69) is 10.0 Å². The summed E-state index contributed by atoms with van der Waals surface area (Å²) in [6, 6.07) is 6.74. The van der Waals surface area contributed by atoms with Crippen LogP contribution in [0, 0.1) is 24.7 Å². The van der Waals surface area contributed by atoms with E-state index in [9.17, 15) is 8.42 Å². The summed E-state index contributed by atoms with van der Waals surface area (Å²) in [6.07, 6.45) is 5.28. The Hall–Kier alpha value is -1.14. The zero-order valence-corrected chi connectivity index (χ0v) is 14.3. The lowest BCUT2D eigenvalue weighted by Gasteiger charge is -2.22. The van der Waals surface area contributed by atoms with Crippen LogP contribution in [0.5, 0.6) is 0 Å². The van der Waals surface area contributed by atoms with Gasteiger partial charge in [-0.05, 0) is 68.3 Å². The number of hydrogen-bond donors (Lipinski definition) is 2. The largest absolute Gasteiger partial charge is 0.362 e. The second-order valence-corrected chi connectivity index (χ2v) is 8.65. The topological polar surface area (TPSA) is 58.2 Å². The summed E-state index contributed by atoms with van der Waals surface area (Å²) in [6.45, 7) is 2.70. The number of sulfonamides is 1. The Labute approximate surface area is 137 Å². The van der Waals surface area contributed by atoms with E-state index < -0.39 is 10.0 Å². The van der Waals surface area contributed by atoms with Gasteiger partial charge in [-0.25, -0.2) is 8.42 Å². The van der Waals surface area contributed by atoms with Gasteiger partial charge in [0.25, 0.3) is 10.0 Å². The standard InChI is InChI=1S/C16H22N2O2S2/c1-11-2-6-15(7-3-11)22(19,20)18-16(21)17-10-14-9-12-4-5-13(14)8-12/h2-3,6-7,12-14H,4-5,8-10H2,1H3,(H2,17,18,21)/t12-,13-,14+/m0/s1. The molecular weight excluding hydrogens is 316 g/mol. The highest BCUT2D eigenvalue weighted by Crippen LogP contribution is 2.47. The minimum absolute atomic E-state index is 0.198. The summed E-state index contributed by atoms with van der Waals surface area (Å²) < 4.78 is 26.9. The van der Waals surface area contributed by atoms with Crippen LogP contribution in [-0.2, 0) is 10.0 Å². The molecule has 120 valence electrons. The van der Waals surface area contributed by atoms with Crippen LogP contribution in [0.1, 0.15) is 31.2 Å². The van der Waals surface area contributed by atoms with Gasteiger partial charge in [-0.2, -0.15) is 0 Å². The van der Waals surface area contributed by atoms with Gasteiger partial charge in [0, 0.05) is 6.54 Å². The van der Waals surface area contributed by atoms with E-state index in [1.807, 2.05) is 6.92 Å². The summed E-state index contributed by atoms with van der Waals surface area (Å²) in [4.78, 5) is 0.238. The van der Waals surface area contributed by atoms with Gasteiger partial charge in [0.15, 0.2) is 5.11 Å². The molecule has 2 aliphatic carbocycles. The highest BCUT2D eigenvalue weighted by atomic mass is 32.2. The first kappa shape index (κ1) is 15.7. The number of nitrogens with one attached hydrogen (secondary N) is 2. The van der Waals surface area contributed by atoms with Crippen molar-refractivity contribution in [2.45, 2.75) is 37.5 Å². The van der Waals surface area contributed by atoms with Gasteiger partial charge in [-0.1, -0.05) is 24.1 Å². The SMILES string of the molecule is Cc1ccc(S(=O)(=O)NC(=S)NC[C@H]2C[C@H]3CC[C@H]2C3)cc1. The van der Waals surface area contributed by atoms with E-state index in [1.165, 1.54) is 25.7 Å². The Morgan fingerprint density at radius 3 is 2.55 bits per heavy atom. The fourth-order valence-corrected chi connectivity index (χ4v) is 5.13. The maximum Gasteiger partial charge on any atom is 0.263 e. The molecule has 6 heteroatoms. The second-order valence-electron chi connectivity index (χ2n) is 6.56. The van der Waals surface area contributed by atoms with Crippen LogP contribution in [0.2, 0.25) is 0 Å². The van der Waals surface area contributed by atoms with Crippen molar-refractivity contribution in [1.29, 1.82) is 0 Å². The highest BCUT2D eigenvalue weighted by molar-refractivity contribution is 7.91. The molecule has 2 N–H and O–H groups in total. The molecule has 2 aliphatic rings. The molecule has 4 nitrogen and oxygen atoms in total. The monoisotopic (exact) mass is 338 g/mol. The molecule has 0 aromatic heterocycles. The van der Waals surface area contributed by atoms with Crippen LogP contribution in [0.3, 0.4) is 0 Å². The number of aryl methyl sites for hydroxylation is 1. The fraction of sp³-hybridized carbons (Fsp3) is 0.562. The molecular formula is C16H22N2O2S2. The Morgan fingerprint density at radius 2 is 1.95 bits per heavy atom. The van der Waals surface area contributed by atoms with Crippen molar-refractivity contribution in [3.05, 3.63) is 29.8 Å². The first-order valence-corrected chi connectivity index (χ1v) is 9.70. The Bertz CT molecular complexity index is 655. The Balaban J connectivity index is 1.53. The van der Waals surface area contributed by atoms with Crippen LogP contribution in [0.25, 0.3) is 0 Å². The molecule has 3 rings (SSSR count). The quantitative estimate of drug-likeness (QED) is 0.829. The normalized spacial score (nSPS) is 26.9. The average Bonchev–Trinajstić information content (AvgIpc) is 3.07. The van der Waals surface area contributed by atoms with E-state index in [1.54, 1.807) is 24.3 Å². The van der Waals surface area contributed by atoms with Crippen LogP contribution in [0.15, 0.2) is 29.2 Å². The predicted octanol–water partition coefficient (Wildman–Crippen LogP) is 2.58. The van der Waals surface area contributed by atoms with E-state index in [0.717, 1.165) is 23.9 Å². The Morgan fingerprint density at radius 1 is 1.23 bits per heavy atom. The smallest absolute Gasteiger partial charge is 0.263 e. The molecule has 0 amide bonds. The Kier molecular flexibility index (Phi) is 4.41. The number of thiocarbonyl (C=S) groups is 1. The number of fused-ring (bicyclic) bond motifs is 2. The third-order valence-electron chi connectivity index (χ3n) is 4.97. The van der Waals surface area contributed by atoms with Gasteiger partial charge in [-0.3, -0.25) is 4.72 Å². The van der Waals surface area contributed by atoms with Crippen LogP contribution >= 0.6 is 12.2 Å². The molecule has 0 radical (unpaired) electrons. The predicted molar refractivity (Wildman–Crippen MR) is 91.0 cm³/mol. The van der Waals surface area contributed by atoms with Gasteiger partial charge >= 0.3 is 0 Å². The van der Waals surface area contributed by atoms with Crippen LogP contribution in [0.4, 0.5) is 0 Å². The van der Waals surface area contributed by atoms with Crippen molar-refractivity contribution in [1.82, 2.24) is 10.0 Å². The molecule has 22 heavy (non-hydrogen) atoms. The van der Waals surface area contributed by atoms with Gasteiger partial charge in [0.2, 0.25) is 0 Å². The maximum absolute atomic E-state index is 12.2. The summed E-state index contributed by atoms with van der Waals surface area (Å²) in [5.41, 5.74) is 1.02. The molecule has 1 aromatic rings. The lowest BCUT2D eigenvalue weighted by atomic mass is 9.89. The van der Waals surface area contributed by atoms with Gasteiger partial charge in [-0.15, -0.1) is 0 Å². The second kappa shape index (κ2) is 6.16. The van der Waals surface area contributed by atoms with Crippen molar-refractivity contribution in [2.24, 2.45) is 17.8 Å². The zero-order valence-electron chi connectivity index (χ0n) is 12.7. The van der Waals surface area contributed by atoms with Crippen molar-refractivity contribution in [2.75, 3.05) is 6.54 Å². The van der Waals surface area contributed by atoms with Gasteiger partial charge in [0.05, 0.1) is 4.90 Å². The molecule has 2 bridgehead atoms. The van der Waals surface area contributed by atoms with E-state index in [-0.39, 0.29) is 10.0 Å². The number of benzene rings is 1. The summed E-state index contributed by atoms with van der Waals surface area (Å²) in [7, 11) is -3.59. The lowest BCUT2D eigenvalue weighted by Crippen LogP contribution is -2.41. The molecule has 0 spiro atoms. The zero-order chi connectivity index (χ0) is 15.7. The van der Waals surface area contributed by atoms with Crippen LogP contribution in [-0.4, -0.2) is 20.1 Å². The molecule has 1 aromatic carbocycles. The summed E-state index contributed by atoms with van der Waals surface area (Å²) >= 11 is 5.15. The third-order valence-corrected chi connectivity index (χ3v) is 6.71. The summed E-state index contributed by atoms with van der Waals surface area (Å²) in [5, 5.41) is 3.29. The third kappa shape index (κ3) is 3.43. The molecule has 2 fully saturated rings. The first-order chi connectivity index (χ1) is 10.4. The minimum Gasteiger partial charge on any atom is -0.362 e. The van der Waals surface area contributed by atoms with E-state index in [4.69, 9.17) is 12.2 Å². The van der Waals surface area contributed by atoms with Crippen molar-refractivity contribution in [3.63, 3.8) is 0 Å². The molecule has 0 unspecified atom stereocenters. The van der Waals surface area contributed by atoms with Gasteiger partial charge in [0.1, 0.15) is 0 Å². The fourth-order valence-electron chi connectivity index (χ4n) is 3.78. The maximum atomic E-state index is 12.2. The molecule has 0 saturated heterocycles. The molecule has 0 aliphatic heterocycles. The van der Waals surface area contributed by atoms with Crippen LogP contribution < -0.4 is 10.0 Å². The highest BCUT2D eigenvalue weighted by Gasteiger charge is 2.39. The summed E-state index contributed by atoms with van der Waals surface area (Å²) in [5.74, 6) is 2.32. The van der Waals surface area contributed by atoms with Crippen molar-refractivity contribution in [3.8, 4) is 0 Å². The molecule has 0 heterocycles.